The maximum Gasteiger partial charge on any atom is 0.178 e. The number of rotatable bonds is 5. The zero-order valence-corrected chi connectivity index (χ0v) is 23.8. The lowest BCUT2D eigenvalue weighted by atomic mass is 9.98. The molecule has 3 aromatic heterocycles. The first-order valence-electron chi connectivity index (χ1n) is 14.6. The lowest BCUT2D eigenvalue weighted by Gasteiger charge is -2.09. The predicted molar refractivity (Wildman–Crippen MR) is 180 cm³/mol. The topological polar surface area (TPSA) is 51.6 Å². The first kappa shape index (κ1) is 25.7. The van der Waals surface area contributed by atoms with E-state index in [2.05, 4.69) is 115 Å². The van der Waals surface area contributed by atoms with Gasteiger partial charge in [-0.3, -0.25) is 0 Å². The molecule has 8 rings (SSSR count). The highest BCUT2D eigenvalue weighted by atomic mass is 14.9. The van der Waals surface area contributed by atoms with Crippen molar-refractivity contribution in [1.29, 1.82) is 0 Å². The normalized spacial score (nSPS) is 11.2. The van der Waals surface area contributed by atoms with Gasteiger partial charge in [0.15, 0.2) is 5.82 Å². The standard InChI is InChI=1S/C40H26N4/c1-3-8-27(9-4-1)28-14-16-29(17-15-28)33-12-7-13-34(24-33)35-25-41-40(42-26-35)37-23-21-32-19-18-31-20-22-36(30-10-5-2-6-11-30)43-38(31)39(32)44-37/h1-26H. The van der Waals surface area contributed by atoms with Gasteiger partial charge in [0.25, 0.3) is 0 Å². The highest BCUT2D eigenvalue weighted by Crippen LogP contribution is 2.30. The number of fused-ring (bicyclic) bond motifs is 3. The molecule has 4 heteroatoms. The van der Waals surface area contributed by atoms with E-state index in [1.54, 1.807) is 0 Å². The maximum atomic E-state index is 5.01. The smallest absolute Gasteiger partial charge is 0.178 e. The largest absolute Gasteiger partial charge is 0.245 e. The first-order chi connectivity index (χ1) is 21.8. The van der Waals surface area contributed by atoms with Crippen LogP contribution in [-0.2, 0) is 0 Å². The van der Waals surface area contributed by atoms with Gasteiger partial charge in [-0.05, 0) is 46.0 Å². The second-order valence-electron chi connectivity index (χ2n) is 10.8. The fourth-order valence-electron chi connectivity index (χ4n) is 5.64. The van der Waals surface area contributed by atoms with Crippen LogP contribution in [-0.4, -0.2) is 19.9 Å². The molecular weight excluding hydrogens is 536 g/mol. The Morgan fingerprint density at radius 1 is 0.318 bits per heavy atom. The molecule has 8 aromatic rings. The van der Waals surface area contributed by atoms with E-state index in [0.29, 0.717) is 5.82 Å². The van der Waals surface area contributed by atoms with E-state index in [1.165, 1.54) is 16.7 Å². The number of nitrogens with zero attached hydrogens (tertiary/aromatic N) is 4. The van der Waals surface area contributed by atoms with E-state index in [1.807, 2.05) is 42.7 Å². The van der Waals surface area contributed by atoms with Gasteiger partial charge in [-0.15, -0.1) is 0 Å². The van der Waals surface area contributed by atoms with Gasteiger partial charge in [0.05, 0.1) is 16.7 Å². The third-order valence-corrected chi connectivity index (χ3v) is 7.99. The summed E-state index contributed by atoms with van der Waals surface area (Å²) < 4.78 is 0. The number of hydrogen-bond acceptors (Lipinski definition) is 4. The van der Waals surface area contributed by atoms with Gasteiger partial charge in [0, 0.05) is 34.3 Å². The summed E-state index contributed by atoms with van der Waals surface area (Å²) in [6, 6.07) is 50.2. The van der Waals surface area contributed by atoms with E-state index >= 15 is 0 Å². The average molecular weight is 563 g/mol. The molecular formula is C40H26N4. The number of aromatic nitrogens is 4. The summed E-state index contributed by atoms with van der Waals surface area (Å²) in [5.41, 5.74) is 11.2. The Balaban J connectivity index is 1.10. The van der Waals surface area contributed by atoms with Crippen LogP contribution in [0.5, 0.6) is 0 Å². The number of pyridine rings is 2. The van der Waals surface area contributed by atoms with Crippen LogP contribution in [0.4, 0.5) is 0 Å². The Labute approximate surface area is 255 Å². The molecule has 0 aliphatic carbocycles. The molecule has 0 N–H and O–H groups in total. The molecule has 0 saturated carbocycles. The number of benzene rings is 5. The highest BCUT2D eigenvalue weighted by molar-refractivity contribution is 6.04. The van der Waals surface area contributed by atoms with Crippen molar-refractivity contribution in [2.75, 3.05) is 0 Å². The zero-order valence-electron chi connectivity index (χ0n) is 23.8. The van der Waals surface area contributed by atoms with Crippen LogP contribution in [0.2, 0.25) is 0 Å². The third-order valence-electron chi connectivity index (χ3n) is 7.99. The summed E-state index contributed by atoms with van der Waals surface area (Å²) in [4.78, 5) is 19.5. The SMILES string of the molecule is c1ccc(-c2ccc(-c3cccc(-c4cnc(-c5ccc6ccc7ccc(-c8ccccc8)nc7c6n5)nc4)c3)cc2)cc1. The van der Waals surface area contributed by atoms with Crippen molar-refractivity contribution in [3.05, 3.63) is 158 Å². The monoisotopic (exact) mass is 562 g/mol. The van der Waals surface area contributed by atoms with Crippen molar-refractivity contribution >= 4 is 21.8 Å². The van der Waals surface area contributed by atoms with Gasteiger partial charge in [-0.2, -0.15) is 0 Å². The predicted octanol–water partition coefficient (Wildman–Crippen LogP) is 9.91. The van der Waals surface area contributed by atoms with Gasteiger partial charge in [0.1, 0.15) is 5.69 Å². The van der Waals surface area contributed by atoms with Crippen LogP contribution < -0.4 is 0 Å². The average Bonchev–Trinajstić information content (AvgIpc) is 3.12. The Kier molecular flexibility index (Phi) is 6.43. The molecule has 44 heavy (non-hydrogen) atoms. The zero-order chi connectivity index (χ0) is 29.3. The van der Waals surface area contributed by atoms with E-state index in [9.17, 15) is 0 Å². The summed E-state index contributed by atoms with van der Waals surface area (Å²) in [6.07, 6.45) is 3.75. The highest BCUT2D eigenvalue weighted by Gasteiger charge is 2.11. The molecule has 0 saturated heterocycles. The molecule has 0 radical (unpaired) electrons. The Morgan fingerprint density at radius 2 is 0.773 bits per heavy atom. The van der Waals surface area contributed by atoms with Crippen LogP contribution in [0.15, 0.2) is 158 Å². The second kappa shape index (κ2) is 11.0. The quantitative estimate of drug-likeness (QED) is 0.196. The molecule has 206 valence electrons. The molecule has 5 aromatic carbocycles. The second-order valence-corrected chi connectivity index (χ2v) is 10.8. The van der Waals surface area contributed by atoms with Gasteiger partial charge in [-0.25, -0.2) is 19.9 Å². The number of hydrogen-bond donors (Lipinski definition) is 0. The van der Waals surface area contributed by atoms with Gasteiger partial charge < -0.3 is 0 Å². The van der Waals surface area contributed by atoms with Gasteiger partial charge >= 0.3 is 0 Å². The van der Waals surface area contributed by atoms with Gasteiger partial charge in [-0.1, -0.05) is 127 Å². The Bertz CT molecular complexity index is 2240. The summed E-state index contributed by atoms with van der Waals surface area (Å²) in [6.45, 7) is 0. The Hall–Kier alpha value is -6.00. The fourth-order valence-corrected chi connectivity index (χ4v) is 5.64. The molecule has 0 bridgehead atoms. The summed E-state index contributed by atoms with van der Waals surface area (Å²) >= 11 is 0. The van der Waals surface area contributed by atoms with E-state index in [4.69, 9.17) is 19.9 Å². The van der Waals surface area contributed by atoms with Crippen molar-refractivity contribution in [3.63, 3.8) is 0 Å². The fraction of sp³-hybridized carbons (Fsp3) is 0. The van der Waals surface area contributed by atoms with Crippen LogP contribution in [0.1, 0.15) is 0 Å². The molecule has 0 amide bonds. The van der Waals surface area contributed by atoms with Crippen molar-refractivity contribution in [2.45, 2.75) is 0 Å². The minimum absolute atomic E-state index is 0.583. The molecule has 0 unspecified atom stereocenters. The van der Waals surface area contributed by atoms with Crippen molar-refractivity contribution in [2.24, 2.45) is 0 Å². The molecule has 3 heterocycles. The lowest BCUT2D eigenvalue weighted by molar-refractivity contribution is 1.15. The summed E-state index contributed by atoms with van der Waals surface area (Å²) in [5.74, 6) is 0.583. The molecule has 4 nitrogen and oxygen atoms in total. The minimum atomic E-state index is 0.583. The first-order valence-corrected chi connectivity index (χ1v) is 14.6. The van der Waals surface area contributed by atoms with Crippen molar-refractivity contribution in [1.82, 2.24) is 19.9 Å². The van der Waals surface area contributed by atoms with Crippen LogP contribution in [0, 0.1) is 0 Å². The molecule has 0 atom stereocenters. The minimum Gasteiger partial charge on any atom is -0.245 e. The van der Waals surface area contributed by atoms with Crippen molar-refractivity contribution < 1.29 is 0 Å². The van der Waals surface area contributed by atoms with E-state index < -0.39 is 0 Å². The molecule has 0 aliphatic rings. The Morgan fingerprint density at radius 3 is 1.41 bits per heavy atom. The summed E-state index contributed by atoms with van der Waals surface area (Å²) in [5, 5.41) is 2.08. The van der Waals surface area contributed by atoms with Crippen molar-refractivity contribution in [3.8, 4) is 56.2 Å². The summed E-state index contributed by atoms with van der Waals surface area (Å²) in [7, 11) is 0. The van der Waals surface area contributed by atoms with E-state index in [-0.39, 0.29) is 0 Å². The van der Waals surface area contributed by atoms with Crippen LogP contribution >= 0.6 is 0 Å². The van der Waals surface area contributed by atoms with Crippen LogP contribution in [0.25, 0.3) is 78.0 Å². The molecule has 0 aliphatic heterocycles. The molecule has 0 spiro atoms. The lowest BCUT2D eigenvalue weighted by Crippen LogP contribution is -1.94. The molecule has 0 fully saturated rings. The third kappa shape index (κ3) is 4.89. The van der Waals surface area contributed by atoms with Crippen LogP contribution in [0.3, 0.4) is 0 Å². The van der Waals surface area contributed by atoms with Gasteiger partial charge in [0.2, 0.25) is 0 Å². The van der Waals surface area contributed by atoms with E-state index in [0.717, 1.165) is 55.4 Å². The maximum absolute atomic E-state index is 5.01.